The molecule has 0 aliphatic rings. The number of esters is 3. The first-order chi connectivity index (χ1) is 37.9. The van der Waals surface area contributed by atoms with Gasteiger partial charge in [-0.05, 0) is 161 Å². The molecule has 0 heterocycles. The van der Waals surface area contributed by atoms with Crippen molar-refractivity contribution in [2.24, 2.45) is 0 Å². The van der Waals surface area contributed by atoms with Crippen LogP contribution in [-0.4, -0.2) is 63.9 Å². The van der Waals surface area contributed by atoms with Gasteiger partial charge < -0.3 is 60.2 Å². The molecule has 15 nitrogen and oxygen atoms in total. The Balaban J connectivity index is 0.000000267. The van der Waals surface area contributed by atoms with Crippen molar-refractivity contribution in [1.82, 2.24) is 0 Å². The molecule has 0 spiro atoms. The monoisotopic (exact) mass is 1140 g/mol. The maximum Gasteiger partial charge on any atom is 0.338 e. The van der Waals surface area contributed by atoms with Gasteiger partial charge in [-0.15, -0.1) is 0 Å². The minimum Gasteiger partial charge on any atom is -0.508 e. The summed E-state index contributed by atoms with van der Waals surface area (Å²) in [5.41, 5.74) is 6.76. The number of carbonyl (C=O) groups excluding carboxylic acids is 3. The van der Waals surface area contributed by atoms with E-state index in [2.05, 4.69) is 41.5 Å². The molecule has 83 heavy (non-hydrogen) atoms. The molecule has 450 valence electrons. The van der Waals surface area contributed by atoms with Gasteiger partial charge in [0, 0.05) is 6.42 Å². The van der Waals surface area contributed by atoms with E-state index in [0.29, 0.717) is 17.7 Å². The summed E-state index contributed by atoms with van der Waals surface area (Å²) >= 11 is 0. The summed E-state index contributed by atoms with van der Waals surface area (Å²) in [5.74, 6) is -3.17. The molecule has 0 aliphatic carbocycles. The zero-order chi connectivity index (χ0) is 63.1. The number of hydrogen-bond donors (Lipinski definition) is 9. The Morgan fingerprint density at radius 1 is 0.325 bits per heavy atom. The smallest absolute Gasteiger partial charge is 0.338 e. The van der Waals surface area contributed by atoms with Crippen LogP contribution in [0.25, 0.3) is 0 Å². The molecule has 0 unspecified atom stereocenters. The summed E-state index contributed by atoms with van der Waals surface area (Å²) in [6, 6.07) is 23.8. The van der Waals surface area contributed by atoms with Crippen molar-refractivity contribution in [2.75, 3.05) is 0 Å². The fraction of sp³-hybridized carbons (Fsp3) is 0.426. The third kappa shape index (κ3) is 18.7. The quantitative estimate of drug-likeness (QED) is 0.0332. The van der Waals surface area contributed by atoms with Crippen LogP contribution in [-0.2, 0) is 77.7 Å². The topological polar surface area (TPSA) is 261 Å². The predicted octanol–water partition coefficient (Wildman–Crippen LogP) is 14.6. The third-order valence-electron chi connectivity index (χ3n) is 13.6. The van der Waals surface area contributed by atoms with E-state index in [4.69, 9.17) is 14.2 Å². The van der Waals surface area contributed by atoms with Gasteiger partial charge in [0.05, 0.1) is 11.1 Å². The Kier molecular flexibility index (Phi) is 21.1. The SMILES string of the molecule is CC(C)(C)c1cc(CCC(=O)OCc2ccc(O)cc2)cc(C(C)(C)C)c1O.CC(C)(C)c1cc(COC(=O)c2cc(O)c(O)c(O)c2)cc(C(C)(C)C)c1O.CC(C)(C)c1cc(COC(=O)c2ccc(O)c(O)c2)cc(C(C)(C)C)c1O. The molecule has 6 aromatic carbocycles. The second-order valence-electron chi connectivity index (χ2n) is 27.2. The van der Waals surface area contributed by atoms with Crippen molar-refractivity contribution in [3.63, 3.8) is 0 Å². The van der Waals surface area contributed by atoms with Crippen LogP contribution in [0.5, 0.6) is 51.7 Å². The number of phenolic OH excluding ortho intramolecular Hbond substituents is 9. The summed E-state index contributed by atoms with van der Waals surface area (Å²) < 4.78 is 16.0. The van der Waals surface area contributed by atoms with Gasteiger partial charge in [-0.3, -0.25) is 4.79 Å². The lowest BCUT2D eigenvalue weighted by Gasteiger charge is -2.28. The number of phenols is 9. The second-order valence-corrected chi connectivity index (χ2v) is 27.2. The Labute approximate surface area is 489 Å². The van der Waals surface area contributed by atoms with Crippen molar-refractivity contribution in [3.8, 4) is 51.7 Å². The van der Waals surface area contributed by atoms with Gasteiger partial charge in [-0.25, -0.2) is 9.59 Å². The summed E-state index contributed by atoms with van der Waals surface area (Å²) in [7, 11) is 0. The number of hydrogen-bond acceptors (Lipinski definition) is 15. The zero-order valence-electron chi connectivity index (χ0n) is 51.7. The number of ether oxygens (including phenoxy) is 3. The maximum absolute atomic E-state index is 12.3. The molecule has 0 radical (unpaired) electrons. The summed E-state index contributed by atoms with van der Waals surface area (Å²) in [6.07, 6.45) is 0.830. The van der Waals surface area contributed by atoms with E-state index in [-0.39, 0.29) is 105 Å². The number of aromatic hydroxyl groups is 9. The first kappa shape index (κ1) is 67.4. The van der Waals surface area contributed by atoms with Crippen LogP contribution in [0.1, 0.15) is 207 Å². The van der Waals surface area contributed by atoms with Crippen molar-refractivity contribution < 1.29 is 74.6 Å². The Bertz CT molecular complexity index is 3140. The first-order valence-electron chi connectivity index (χ1n) is 27.5. The molecule has 6 aromatic rings. The number of carbonyl (C=O) groups is 3. The van der Waals surface area contributed by atoms with E-state index in [1.807, 2.05) is 119 Å². The summed E-state index contributed by atoms with van der Waals surface area (Å²) in [6.45, 7) is 36.7. The number of aryl methyl sites for hydroxylation is 1. The molecule has 0 bridgehead atoms. The molecule has 0 saturated heterocycles. The van der Waals surface area contributed by atoms with Crippen molar-refractivity contribution in [3.05, 3.63) is 158 Å². The van der Waals surface area contributed by atoms with E-state index < -0.39 is 29.2 Å². The lowest BCUT2D eigenvalue weighted by atomic mass is 9.78. The van der Waals surface area contributed by atoms with Crippen LogP contribution in [0, 0.1) is 0 Å². The van der Waals surface area contributed by atoms with Crippen LogP contribution < -0.4 is 0 Å². The van der Waals surface area contributed by atoms with Gasteiger partial charge in [-0.1, -0.05) is 149 Å². The van der Waals surface area contributed by atoms with Gasteiger partial charge in [0.25, 0.3) is 0 Å². The lowest BCUT2D eigenvalue weighted by Crippen LogP contribution is -2.18. The van der Waals surface area contributed by atoms with Gasteiger partial charge in [0.15, 0.2) is 28.7 Å². The molecular weight excluding hydrogens is 1060 g/mol. The molecular formula is C68H88O15. The van der Waals surface area contributed by atoms with E-state index in [9.17, 15) is 60.3 Å². The highest BCUT2D eigenvalue weighted by Crippen LogP contribution is 2.43. The second kappa shape index (κ2) is 26.0. The maximum atomic E-state index is 12.3. The Hall–Kier alpha value is -8.07. The minimum absolute atomic E-state index is 0.0346. The molecule has 0 amide bonds. The molecule has 0 atom stereocenters. The van der Waals surface area contributed by atoms with Crippen molar-refractivity contribution in [1.29, 1.82) is 0 Å². The number of benzene rings is 6. The van der Waals surface area contributed by atoms with Gasteiger partial charge in [-0.2, -0.15) is 0 Å². The lowest BCUT2D eigenvalue weighted by molar-refractivity contribution is -0.144. The van der Waals surface area contributed by atoms with Gasteiger partial charge in [0.2, 0.25) is 0 Å². The van der Waals surface area contributed by atoms with E-state index in [1.54, 1.807) is 24.3 Å². The van der Waals surface area contributed by atoms with Crippen LogP contribution in [0.4, 0.5) is 0 Å². The average molecular weight is 1150 g/mol. The third-order valence-corrected chi connectivity index (χ3v) is 13.6. The molecule has 0 aromatic heterocycles. The van der Waals surface area contributed by atoms with E-state index in [1.165, 1.54) is 12.1 Å². The standard InChI is InChI=1S/C24H32O4.C22H28O6.C22H28O5/c1-23(2,3)19-13-17(14-20(22(19)27)24(4,5)6)9-12-21(26)28-15-16-7-10-18(25)11-8-16;1-21(2,3)14-7-12(8-15(18(14)25)22(4,5)6)11-28-20(27)13-9-16(23)19(26)17(24)10-13;1-21(2,3)15-9-13(10-16(19(15)25)22(4,5)6)12-27-20(26)14-7-8-17(23)18(24)11-14/h7-8,10-11,13-14,25,27H,9,12,15H2,1-6H3;7-10,23-26H,11H2,1-6H3;7-11,23-25H,12H2,1-6H3. The highest BCUT2D eigenvalue weighted by atomic mass is 16.5. The average Bonchev–Trinajstić information content (AvgIpc) is 3.55. The summed E-state index contributed by atoms with van der Waals surface area (Å²) in [5, 5.41) is 88.9. The first-order valence-corrected chi connectivity index (χ1v) is 27.5. The fourth-order valence-electron chi connectivity index (χ4n) is 8.74. The van der Waals surface area contributed by atoms with E-state index in [0.717, 1.165) is 68.3 Å². The zero-order valence-corrected chi connectivity index (χ0v) is 51.7. The fourth-order valence-corrected chi connectivity index (χ4v) is 8.74. The van der Waals surface area contributed by atoms with Gasteiger partial charge in [0.1, 0.15) is 42.8 Å². The molecule has 15 heteroatoms. The molecule has 0 aliphatic heterocycles. The van der Waals surface area contributed by atoms with Crippen LogP contribution in [0.3, 0.4) is 0 Å². The molecule has 0 saturated carbocycles. The Morgan fingerprint density at radius 3 is 0.976 bits per heavy atom. The van der Waals surface area contributed by atoms with Gasteiger partial charge >= 0.3 is 17.9 Å². The largest absolute Gasteiger partial charge is 0.508 e. The number of rotatable bonds is 11. The minimum atomic E-state index is -0.756. The van der Waals surface area contributed by atoms with Crippen LogP contribution in [0.15, 0.2) is 91.0 Å². The molecule has 0 fully saturated rings. The highest BCUT2D eigenvalue weighted by Gasteiger charge is 2.30. The summed E-state index contributed by atoms with van der Waals surface area (Å²) in [4.78, 5) is 36.7. The predicted molar refractivity (Wildman–Crippen MR) is 322 cm³/mol. The van der Waals surface area contributed by atoms with Crippen LogP contribution in [0.2, 0.25) is 0 Å². The molecule has 9 N–H and O–H groups in total. The molecule has 6 rings (SSSR count). The van der Waals surface area contributed by atoms with Crippen molar-refractivity contribution in [2.45, 2.75) is 190 Å². The van der Waals surface area contributed by atoms with Crippen LogP contribution >= 0.6 is 0 Å². The van der Waals surface area contributed by atoms with E-state index >= 15 is 0 Å². The normalized spacial score (nSPS) is 12.1. The van der Waals surface area contributed by atoms with Crippen molar-refractivity contribution >= 4 is 17.9 Å². The Morgan fingerprint density at radius 2 is 0.639 bits per heavy atom. The highest BCUT2D eigenvalue weighted by molar-refractivity contribution is 5.91.